The first-order valence-electron chi connectivity index (χ1n) is 3.47. The van der Waals surface area contributed by atoms with Crippen molar-refractivity contribution >= 4 is 0 Å². The Morgan fingerprint density at radius 3 is 2.67 bits per heavy atom. The van der Waals surface area contributed by atoms with E-state index in [0.717, 1.165) is 0 Å². The molecule has 0 radical (unpaired) electrons. The van der Waals surface area contributed by atoms with E-state index in [9.17, 15) is 8.78 Å². The van der Waals surface area contributed by atoms with Crippen LogP contribution in [0.5, 0.6) is 0 Å². The molecule has 0 bridgehead atoms. The average Bonchev–Trinajstić information content (AvgIpc) is 2.07. The highest BCUT2D eigenvalue weighted by Gasteiger charge is 2.08. The van der Waals surface area contributed by atoms with Gasteiger partial charge in [0.1, 0.15) is 11.6 Å². The Bertz CT molecular complexity index is 339. The van der Waals surface area contributed by atoms with E-state index >= 15 is 0 Å². The van der Waals surface area contributed by atoms with Gasteiger partial charge in [0.15, 0.2) is 0 Å². The van der Waals surface area contributed by atoms with Gasteiger partial charge in [-0.3, -0.25) is 0 Å². The fourth-order valence-corrected chi connectivity index (χ4v) is 0.939. The molecule has 0 aliphatic heterocycles. The molecule has 62 valence electrons. The molecule has 0 aliphatic carbocycles. The van der Waals surface area contributed by atoms with Crippen LogP contribution in [-0.2, 0) is 6.42 Å². The number of halogens is 2. The van der Waals surface area contributed by atoms with E-state index in [1.807, 2.05) is 6.07 Å². The van der Waals surface area contributed by atoms with Gasteiger partial charge < -0.3 is 0 Å². The van der Waals surface area contributed by atoms with Gasteiger partial charge in [-0.2, -0.15) is 5.26 Å². The Labute approximate surface area is 69.2 Å². The number of hydrogen-bond acceptors (Lipinski definition) is 1. The SMILES string of the molecule is Cc1c(F)ccc(CC#N)c1F. The molecular weight excluding hydrogens is 160 g/mol. The van der Waals surface area contributed by atoms with Gasteiger partial charge >= 0.3 is 0 Å². The second kappa shape index (κ2) is 3.31. The quantitative estimate of drug-likeness (QED) is 0.629. The molecule has 0 amide bonds. The number of rotatable bonds is 1. The van der Waals surface area contributed by atoms with Gasteiger partial charge in [0.25, 0.3) is 0 Å². The van der Waals surface area contributed by atoms with Gasteiger partial charge in [-0.25, -0.2) is 8.78 Å². The highest BCUT2D eigenvalue weighted by molar-refractivity contribution is 5.28. The first-order valence-corrected chi connectivity index (χ1v) is 3.47. The smallest absolute Gasteiger partial charge is 0.133 e. The summed E-state index contributed by atoms with van der Waals surface area (Å²) in [4.78, 5) is 0. The Hall–Kier alpha value is -1.43. The summed E-state index contributed by atoms with van der Waals surface area (Å²) in [7, 11) is 0. The summed E-state index contributed by atoms with van der Waals surface area (Å²) in [6, 6.07) is 4.27. The maximum Gasteiger partial charge on any atom is 0.133 e. The van der Waals surface area contributed by atoms with Crippen LogP contribution in [0.1, 0.15) is 11.1 Å². The molecule has 0 saturated carbocycles. The molecule has 0 heterocycles. The van der Waals surface area contributed by atoms with E-state index in [-0.39, 0.29) is 17.5 Å². The Morgan fingerprint density at radius 1 is 1.42 bits per heavy atom. The zero-order valence-electron chi connectivity index (χ0n) is 6.56. The summed E-state index contributed by atoms with van der Waals surface area (Å²) in [5, 5.41) is 8.29. The molecule has 0 unspecified atom stereocenters. The van der Waals surface area contributed by atoms with Gasteiger partial charge in [0, 0.05) is 11.1 Å². The van der Waals surface area contributed by atoms with Crippen LogP contribution in [0.4, 0.5) is 8.78 Å². The Balaban J connectivity index is 3.19. The highest BCUT2D eigenvalue weighted by Crippen LogP contribution is 2.15. The second-order valence-corrected chi connectivity index (χ2v) is 2.48. The van der Waals surface area contributed by atoms with E-state index in [4.69, 9.17) is 5.26 Å². The van der Waals surface area contributed by atoms with Crippen LogP contribution in [0.15, 0.2) is 12.1 Å². The summed E-state index contributed by atoms with van der Waals surface area (Å²) >= 11 is 0. The lowest BCUT2D eigenvalue weighted by Crippen LogP contribution is -1.95. The minimum atomic E-state index is -0.614. The minimum absolute atomic E-state index is 0.0209. The van der Waals surface area contributed by atoms with E-state index in [2.05, 4.69) is 0 Å². The van der Waals surface area contributed by atoms with E-state index < -0.39 is 11.6 Å². The number of nitrogens with zero attached hydrogens (tertiary/aromatic N) is 1. The topological polar surface area (TPSA) is 23.8 Å². The third-order valence-electron chi connectivity index (χ3n) is 1.67. The van der Waals surface area contributed by atoms with Crippen molar-refractivity contribution in [3.05, 3.63) is 34.9 Å². The standard InChI is InChI=1S/C9H7F2N/c1-6-8(10)3-2-7(4-5-12)9(6)11/h2-3H,4H2,1H3. The fraction of sp³-hybridized carbons (Fsp3) is 0.222. The van der Waals surface area contributed by atoms with E-state index in [0.29, 0.717) is 0 Å². The highest BCUT2D eigenvalue weighted by atomic mass is 19.1. The van der Waals surface area contributed by atoms with E-state index in [1.165, 1.54) is 19.1 Å². The number of nitriles is 1. The maximum atomic E-state index is 13.1. The molecular formula is C9H7F2N. The molecule has 1 aromatic carbocycles. The summed E-state index contributed by atoms with van der Waals surface area (Å²) in [6.07, 6.45) is -0.0209. The third-order valence-corrected chi connectivity index (χ3v) is 1.67. The number of benzene rings is 1. The molecule has 1 rings (SSSR count). The van der Waals surface area contributed by atoms with Crippen molar-refractivity contribution in [3.8, 4) is 6.07 Å². The first-order chi connectivity index (χ1) is 5.66. The van der Waals surface area contributed by atoms with Gasteiger partial charge in [0.05, 0.1) is 12.5 Å². The van der Waals surface area contributed by atoms with Crippen LogP contribution in [0.25, 0.3) is 0 Å². The molecule has 0 spiro atoms. The lowest BCUT2D eigenvalue weighted by atomic mass is 10.1. The summed E-state index contributed by atoms with van der Waals surface area (Å²) < 4.78 is 25.7. The predicted molar refractivity (Wildman–Crippen MR) is 40.4 cm³/mol. The molecule has 0 saturated heterocycles. The maximum absolute atomic E-state index is 13.1. The molecule has 12 heavy (non-hydrogen) atoms. The van der Waals surface area contributed by atoms with Crippen LogP contribution in [0.3, 0.4) is 0 Å². The van der Waals surface area contributed by atoms with Crippen molar-refractivity contribution in [2.24, 2.45) is 0 Å². The third kappa shape index (κ3) is 1.42. The van der Waals surface area contributed by atoms with Crippen LogP contribution in [0, 0.1) is 29.9 Å². The van der Waals surface area contributed by atoms with Crippen molar-refractivity contribution < 1.29 is 8.78 Å². The largest absolute Gasteiger partial charge is 0.207 e. The van der Waals surface area contributed by atoms with Crippen LogP contribution in [0.2, 0.25) is 0 Å². The molecule has 1 aromatic rings. The fourth-order valence-electron chi connectivity index (χ4n) is 0.939. The molecule has 0 fully saturated rings. The van der Waals surface area contributed by atoms with Crippen LogP contribution in [-0.4, -0.2) is 0 Å². The van der Waals surface area contributed by atoms with Gasteiger partial charge in [-0.05, 0) is 13.0 Å². The predicted octanol–water partition coefficient (Wildman–Crippen LogP) is 2.34. The molecule has 3 heteroatoms. The lowest BCUT2D eigenvalue weighted by Gasteiger charge is -2.01. The lowest BCUT2D eigenvalue weighted by molar-refractivity contribution is 0.560. The van der Waals surface area contributed by atoms with Crippen molar-refractivity contribution in [2.45, 2.75) is 13.3 Å². The second-order valence-electron chi connectivity index (χ2n) is 2.48. The zero-order valence-corrected chi connectivity index (χ0v) is 6.56. The molecule has 0 atom stereocenters. The van der Waals surface area contributed by atoms with Crippen LogP contribution >= 0.6 is 0 Å². The Morgan fingerprint density at radius 2 is 2.08 bits per heavy atom. The summed E-state index contributed by atoms with van der Waals surface area (Å²) in [6.45, 7) is 1.35. The van der Waals surface area contributed by atoms with Gasteiger partial charge in [-0.1, -0.05) is 6.07 Å². The van der Waals surface area contributed by atoms with Crippen molar-refractivity contribution in [3.63, 3.8) is 0 Å². The van der Waals surface area contributed by atoms with E-state index in [1.54, 1.807) is 0 Å². The number of hydrogen-bond donors (Lipinski definition) is 0. The van der Waals surface area contributed by atoms with Crippen molar-refractivity contribution in [2.75, 3.05) is 0 Å². The summed E-state index contributed by atoms with van der Waals surface area (Å²) in [5.74, 6) is -1.19. The molecule has 0 aromatic heterocycles. The normalized spacial score (nSPS) is 9.50. The van der Waals surface area contributed by atoms with Crippen LogP contribution < -0.4 is 0 Å². The average molecular weight is 167 g/mol. The molecule has 1 nitrogen and oxygen atoms in total. The van der Waals surface area contributed by atoms with Gasteiger partial charge in [0.2, 0.25) is 0 Å². The Kier molecular flexibility index (Phi) is 2.39. The summed E-state index contributed by atoms with van der Waals surface area (Å²) in [5.41, 5.74) is 0.221. The van der Waals surface area contributed by atoms with Gasteiger partial charge in [-0.15, -0.1) is 0 Å². The molecule has 0 aliphatic rings. The first kappa shape index (κ1) is 8.66. The minimum Gasteiger partial charge on any atom is -0.207 e. The monoisotopic (exact) mass is 167 g/mol. The van der Waals surface area contributed by atoms with Crippen molar-refractivity contribution in [1.82, 2.24) is 0 Å². The molecule has 0 N–H and O–H groups in total. The van der Waals surface area contributed by atoms with Crippen molar-refractivity contribution in [1.29, 1.82) is 5.26 Å². The zero-order chi connectivity index (χ0) is 9.14.